The summed E-state index contributed by atoms with van der Waals surface area (Å²) in [7, 11) is 0. The van der Waals surface area contributed by atoms with Gasteiger partial charge in [0.2, 0.25) is 17.7 Å². The second kappa shape index (κ2) is 16.4. The summed E-state index contributed by atoms with van der Waals surface area (Å²) < 4.78 is 34.7. The highest BCUT2D eigenvalue weighted by molar-refractivity contribution is 5.96. The molecule has 2 aliphatic rings. The first kappa shape index (κ1) is 36.0. The third-order valence-corrected chi connectivity index (χ3v) is 10.0. The van der Waals surface area contributed by atoms with Gasteiger partial charge in [0.15, 0.2) is 0 Å². The van der Waals surface area contributed by atoms with E-state index in [0.29, 0.717) is 57.2 Å². The van der Waals surface area contributed by atoms with Crippen LogP contribution in [0, 0.1) is 17.6 Å². The van der Waals surface area contributed by atoms with E-state index >= 15 is 0 Å². The van der Waals surface area contributed by atoms with Gasteiger partial charge in [-0.1, -0.05) is 68.8 Å². The van der Waals surface area contributed by atoms with Gasteiger partial charge in [-0.2, -0.15) is 0 Å². The van der Waals surface area contributed by atoms with Crippen LogP contribution >= 0.6 is 0 Å². The summed E-state index contributed by atoms with van der Waals surface area (Å²) >= 11 is 0. The zero-order valence-corrected chi connectivity index (χ0v) is 28.6. The summed E-state index contributed by atoms with van der Waals surface area (Å²) in [4.78, 5) is 42.6. The van der Waals surface area contributed by atoms with Crippen LogP contribution in [0.3, 0.4) is 0 Å². The van der Waals surface area contributed by atoms with Crippen molar-refractivity contribution < 1.29 is 27.9 Å². The standard InChI is InChI=1S/C39H48F2N4O4/c1-4-26(2)39(44-27(3)46)17-18-45(38(39)48)36(16-15-28-11-7-5-8-12-28)37(47)43-33(21-29-19-30(40)22-31(41)20-29)23-32-24-35(25-42-32)49-34-13-9-6-10-14-34/h5-14,19-20,22,26,32-33,35-36,42H,4,15-18,21,23-25H2,1-3H3,(H,43,47)(H,44,46)/t26?,32-,33-,35+,36-,39-/m0/s1. The molecule has 0 saturated carbocycles. The molecule has 49 heavy (non-hydrogen) atoms. The van der Waals surface area contributed by atoms with Gasteiger partial charge in [0.25, 0.3) is 0 Å². The molecule has 0 radical (unpaired) electrons. The summed E-state index contributed by atoms with van der Waals surface area (Å²) in [5.74, 6) is -1.60. The number of para-hydroxylation sites is 1. The number of carbonyl (C=O) groups excluding carboxylic acids is 3. The van der Waals surface area contributed by atoms with Crippen LogP contribution in [0.15, 0.2) is 78.9 Å². The van der Waals surface area contributed by atoms with Crippen molar-refractivity contribution in [2.75, 3.05) is 13.1 Å². The van der Waals surface area contributed by atoms with Crippen LogP contribution in [0.5, 0.6) is 5.75 Å². The molecule has 2 heterocycles. The lowest BCUT2D eigenvalue weighted by Crippen LogP contribution is -2.60. The smallest absolute Gasteiger partial charge is 0.249 e. The molecule has 10 heteroatoms. The van der Waals surface area contributed by atoms with Crippen LogP contribution in [0.25, 0.3) is 0 Å². The van der Waals surface area contributed by atoms with Crippen LogP contribution in [-0.2, 0) is 27.2 Å². The number of aryl methyl sites for hydroxylation is 1. The van der Waals surface area contributed by atoms with E-state index in [1.54, 1.807) is 4.90 Å². The van der Waals surface area contributed by atoms with E-state index < -0.39 is 29.3 Å². The van der Waals surface area contributed by atoms with Gasteiger partial charge in [-0.25, -0.2) is 8.78 Å². The quantitative estimate of drug-likeness (QED) is 0.202. The molecule has 0 aliphatic carbocycles. The average Bonchev–Trinajstić information content (AvgIpc) is 3.64. The number of ether oxygens (including phenoxy) is 1. The molecule has 0 spiro atoms. The molecule has 3 amide bonds. The van der Waals surface area contributed by atoms with E-state index in [-0.39, 0.29) is 42.2 Å². The van der Waals surface area contributed by atoms with Gasteiger partial charge in [0, 0.05) is 44.6 Å². The Morgan fingerprint density at radius 3 is 2.35 bits per heavy atom. The predicted octanol–water partition coefficient (Wildman–Crippen LogP) is 5.35. The van der Waals surface area contributed by atoms with Crippen LogP contribution in [-0.4, -0.2) is 65.5 Å². The molecule has 3 aromatic rings. The van der Waals surface area contributed by atoms with Gasteiger partial charge in [0.05, 0.1) is 0 Å². The topological polar surface area (TPSA) is 99.8 Å². The maximum absolute atomic E-state index is 14.4. The molecule has 2 aliphatic heterocycles. The van der Waals surface area contributed by atoms with Crippen molar-refractivity contribution in [3.8, 4) is 5.75 Å². The SMILES string of the molecule is CCC(C)[C@@]1(NC(C)=O)CCN([C@@H](CCc2ccccc2)C(=O)N[C@@H](Cc2cc(F)cc(F)c2)C[C@H]2C[C@@H](Oc3ccccc3)CN2)C1=O. The first-order valence-electron chi connectivity index (χ1n) is 17.4. The minimum atomic E-state index is -1.09. The fourth-order valence-electron chi connectivity index (χ4n) is 7.38. The molecule has 1 unspecified atom stereocenters. The zero-order chi connectivity index (χ0) is 35.0. The number of amides is 3. The Morgan fingerprint density at radius 1 is 1.02 bits per heavy atom. The van der Waals surface area contributed by atoms with Crippen molar-refractivity contribution >= 4 is 17.7 Å². The van der Waals surface area contributed by atoms with Crippen molar-refractivity contribution in [2.24, 2.45) is 5.92 Å². The maximum Gasteiger partial charge on any atom is 0.249 e. The van der Waals surface area contributed by atoms with E-state index in [2.05, 4.69) is 16.0 Å². The fourth-order valence-corrected chi connectivity index (χ4v) is 7.38. The number of benzene rings is 3. The molecule has 2 saturated heterocycles. The van der Waals surface area contributed by atoms with Crippen LogP contribution in [0.2, 0.25) is 0 Å². The van der Waals surface area contributed by atoms with Crippen molar-refractivity contribution in [1.29, 1.82) is 0 Å². The Morgan fingerprint density at radius 2 is 1.69 bits per heavy atom. The van der Waals surface area contributed by atoms with E-state index in [0.717, 1.165) is 17.4 Å². The first-order valence-corrected chi connectivity index (χ1v) is 17.4. The number of halogens is 2. The third-order valence-electron chi connectivity index (χ3n) is 10.0. The first-order chi connectivity index (χ1) is 23.6. The second-order valence-electron chi connectivity index (χ2n) is 13.6. The Balaban J connectivity index is 1.38. The lowest BCUT2D eigenvalue weighted by molar-refractivity contribution is -0.144. The second-order valence-corrected chi connectivity index (χ2v) is 13.6. The lowest BCUT2D eigenvalue weighted by atomic mass is 9.81. The Bertz CT molecular complexity index is 1560. The van der Waals surface area contributed by atoms with E-state index in [4.69, 9.17) is 4.74 Å². The highest BCUT2D eigenvalue weighted by Gasteiger charge is 2.53. The molecule has 0 bridgehead atoms. The largest absolute Gasteiger partial charge is 0.489 e. The van der Waals surface area contributed by atoms with Gasteiger partial charge >= 0.3 is 0 Å². The maximum atomic E-state index is 14.4. The van der Waals surface area contributed by atoms with Crippen LogP contribution in [0.4, 0.5) is 8.78 Å². The summed E-state index contributed by atoms with van der Waals surface area (Å²) in [6.07, 6.45) is 3.31. The molecule has 3 aromatic carbocycles. The Hall–Kier alpha value is -4.31. The van der Waals surface area contributed by atoms with Gasteiger partial charge in [-0.05, 0) is 73.4 Å². The highest BCUT2D eigenvalue weighted by atomic mass is 19.1. The fraction of sp³-hybridized carbons (Fsp3) is 0.462. The van der Waals surface area contributed by atoms with Crippen LogP contribution in [0.1, 0.15) is 64.0 Å². The summed E-state index contributed by atoms with van der Waals surface area (Å²) in [6.45, 7) is 6.28. The number of hydrogen-bond donors (Lipinski definition) is 3. The molecule has 0 aromatic heterocycles. The van der Waals surface area contributed by atoms with Gasteiger partial charge < -0.3 is 25.6 Å². The normalized spacial score (nSPS) is 22.4. The number of carbonyl (C=O) groups is 3. The average molecular weight is 675 g/mol. The summed E-state index contributed by atoms with van der Waals surface area (Å²) in [5.41, 5.74) is 0.372. The Labute approximate surface area is 288 Å². The van der Waals surface area contributed by atoms with Crippen molar-refractivity contribution in [2.45, 2.75) is 95.5 Å². The molecular formula is C39H48F2N4O4. The monoisotopic (exact) mass is 674 g/mol. The number of nitrogens with zero attached hydrogens (tertiary/aromatic N) is 1. The molecule has 5 rings (SSSR count). The number of likely N-dealkylation sites (tertiary alicyclic amines) is 1. The molecule has 262 valence electrons. The number of hydrogen-bond acceptors (Lipinski definition) is 5. The minimum Gasteiger partial charge on any atom is -0.489 e. The molecule has 2 fully saturated rings. The highest BCUT2D eigenvalue weighted by Crippen LogP contribution is 2.34. The van der Waals surface area contributed by atoms with E-state index in [9.17, 15) is 23.2 Å². The van der Waals surface area contributed by atoms with Crippen LogP contribution < -0.4 is 20.7 Å². The molecule has 3 N–H and O–H groups in total. The van der Waals surface area contributed by atoms with Crippen molar-refractivity contribution in [1.82, 2.24) is 20.9 Å². The number of nitrogens with one attached hydrogen (secondary N) is 3. The third kappa shape index (κ3) is 9.23. The van der Waals surface area contributed by atoms with Crippen molar-refractivity contribution in [3.05, 3.63) is 102 Å². The summed E-state index contributed by atoms with van der Waals surface area (Å²) in [6, 6.07) is 21.4. The van der Waals surface area contributed by atoms with Crippen molar-refractivity contribution in [3.63, 3.8) is 0 Å². The summed E-state index contributed by atoms with van der Waals surface area (Å²) in [5, 5.41) is 9.65. The predicted molar refractivity (Wildman–Crippen MR) is 185 cm³/mol. The van der Waals surface area contributed by atoms with Gasteiger partial charge in [-0.15, -0.1) is 0 Å². The minimum absolute atomic E-state index is 0.0218. The molecule has 8 nitrogen and oxygen atoms in total. The lowest BCUT2D eigenvalue weighted by Gasteiger charge is -2.36. The zero-order valence-electron chi connectivity index (χ0n) is 28.6. The van der Waals surface area contributed by atoms with Gasteiger partial charge in [-0.3, -0.25) is 14.4 Å². The van der Waals surface area contributed by atoms with E-state index in [1.165, 1.54) is 19.1 Å². The molecule has 6 atom stereocenters. The Kier molecular flexibility index (Phi) is 12.0. The number of rotatable bonds is 15. The van der Waals surface area contributed by atoms with E-state index in [1.807, 2.05) is 74.5 Å². The van der Waals surface area contributed by atoms with Gasteiger partial charge in [0.1, 0.15) is 35.1 Å². The molecular weight excluding hydrogens is 626 g/mol.